The van der Waals surface area contributed by atoms with E-state index in [9.17, 15) is 5.11 Å². The molecule has 0 spiro atoms. The molecule has 17 heavy (non-hydrogen) atoms. The first kappa shape index (κ1) is 14.3. The molecule has 0 saturated heterocycles. The first-order chi connectivity index (χ1) is 8.08. The fourth-order valence-electron chi connectivity index (χ4n) is 1.83. The molecule has 0 radical (unpaired) electrons. The fourth-order valence-corrected chi connectivity index (χ4v) is 2.02. The third-order valence-corrected chi connectivity index (χ3v) is 3.09. The Hall–Kier alpha value is -0.770. The summed E-state index contributed by atoms with van der Waals surface area (Å²) in [6.45, 7) is 6.45. The lowest BCUT2D eigenvalue weighted by atomic mass is 10.1. The van der Waals surface area contributed by atoms with E-state index in [2.05, 4.69) is 18.7 Å². The van der Waals surface area contributed by atoms with Gasteiger partial charge in [0.05, 0.1) is 6.61 Å². The number of phenols is 1. The van der Waals surface area contributed by atoms with Gasteiger partial charge >= 0.3 is 0 Å². The zero-order valence-corrected chi connectivity index (χ0v) is 11.4. The summed E-state index contributed by atoms with van der Waals surface area (Å²) in [7, 11) is 1.70. The predicted octanol–water partition coefficient (Wildman–Crippen LogP) is 2.90. The Morgan fingerprint density at radius 2 is 2.18 bits per heavy atom. The molecule has 1 rings (SSSR count). The fraction of sp³-hybridized carbons (Fsp3) is 0.538. The van der Waals surface area contributed by atoms with Crippen molar-refractivity contribution in [1.29, 1.82) is 0 Å². The zero-order chi connectivity index (χ0) is 12.8. The minimum atomic E-state index is 0.289. The highest BCUT2D eigenvalue weighted by molar-refractivity contribution is 6.30. The summed E-state index contributed by atoms with van der Waals surface area (Å²) >= 11 is 5.93. The van der Waals surface area contributed by atoms with Crippen LogP contribution in [-0.4, -0.2) is 36.3 Å². The van der Waals surface area contributed by atoms with Crippen LogP contribution in [0.25, 0.3) is 0 Å². The molecule has 1 aromatic rings. The lowest BCUT2D eigenvalue weighted by Crippen LogP contribution is -2.35. The number of ether oxygens (including phenoxy) is 1. The Balaban J connectivity index is 2.76. The highest BCUT2D eigenvalue weighted by Gasteiger charge is 2.14. The highest BCUT2D eigenvalue weighted by atomic mass is 35.5. The molecule has 1 aromatic carbocycles. The minimum absolute atomic E-state index is 0.289. The predicted molar refractivity (Wildman–Crippen MR) is 70.5 cm³/mol. The van der Waals surface area contributed by atoms with E-state index in [1.807, 2.05) is 0 Å². The van der Waals surface area contributed by atoms with Crippen LogP contribution in [0.4, 0.5) is 0 Å². The summed E-state index contributed by atoms with van der Waals surface area (Å²) < 4.78 is 5.15. The lowest BCUT2D eigenvalue weighted by molar-refractivity contribution is 0.0977. The third-order valence-electron chi connectivity index (χ3n) is 2.85. The second kappa shape index (κ2) is 6.84. The average molecular weight is 258 g/mol. The topological polar surface area (TPSA) is 32.7 Å². The van der Waals surface area contributed by atoms with Crippen molar-refractivity contribution in [3.8, 4) is 5.75 Å². The second-order valence-electron chi connectivity index (χ2n) is 4.14. The van der Waals surface area contributed by atoms with E-state index in [-0.39, 0.29) is 5.75 Å². The summed E-state index contributed by atoms with van der Waals surface area (Å²) in [5.41, 5.74) is 0.849. The Kier molecular flexibility index (Phi) is 5.75. The standard InChI is InChI=1S/C13H20ClNO2/c1-4-15(10(2)9-17-3)8-11-7-12(14)5-6-13(11)16/h5-7,10,16H,4,8-9H2,1-3H3. The molecule has 96 valence electrons. The minimum Gasteiger partial charge on any atom is -0.508 e. The van der Waals surface area contributed by atoms with Crippen LogP contribution >= 0.6 is 11.6 Å². The van der Waals surface area contributed by atoms with Crippen molar-refractivity contribution in [3.05, 3.63) is 28.8 Å². The third kappa shape index (κ3) is 4.19. The van der Waals surface area contributed by atoms with Crippen LogP contribution in [0.3, 0.4) is 0 Å². The maximum absolute atomic E-state index is 9.77. The summed E-state index contributed by atoms with van der Waals surface area (Å²) in [6, 6.07) is 5.43. The highest BCUT2D eigenvalue weighted by Crippen LogP contribution is 2.23. The van der Waals surface area contributed by atoms with Gasteiger partial charge in [0.15, 0.2) is 0 Å². The maximum atomic E-state index is 9.77. The van der Waals surface area contributed by atoms with Crippen LogP contribution in [0.5, 0.6) is 5.75 Å². The largest absolute Gasteiger partial charge is 0.508 e. The van der Waals surface area contributed by atoms with Crippen LogP contribution in [0, 0.1) is 0 Å². The summed E-state index contributed by atoms with van der Waals surface area (Å²) in [5.74, 6) is 0.289. The number of benzene rings is 1. The van der Waals surface area contributed by atoms with E-state index in [4.69, 9.17) is 16.3 Å². The van der Waals surface area contributed by atoms with Crippen LogP contribution in [0.15, 0.2) is 18.2 Å². The quantitative estimate of drug-likeness (QED) is 0.851. The molecule has 0 aromatic heterocycles. The number of aromatic hydroxyl groups is 1. The van der Waals surface area contributed by atoms with E-state index >= 15 is 0 Å². The molecule has 0 aliphatic heterocycles. The number of nitrogens with zero attached hydrogens (tertiary/aromatic N) is 1. The molecule has 0 heterocycles. The Morgan fingerprint density at radius 3 is 2.76 bits per heavy atom. The smallest absolute Gasteiger partial charge is 0.120 e. The normalized spacial score (nSPS) is 13.0. The van der Waals surface area contributed by atoms with Gasteiger partial charge in [-0.05, 0) is 31.7 Å². The van der Waals surface area contributed by atoms with Crippen molar-refractivity contribution >= 4 is 11.6 Å². The Morgan fingerprint density at radius 1 is 1.47 bits per heavy atom. The number of hydrogen-bond acceptors (Lipinski definition) is 3. The van der Waals surface area contributed by atoms with Gasteiger partial charge in [-0.15, -0.1) is 0 Å². The van der Waals surface area contributed by atoms with Crippen LogP contribution in [0.2, 0.25) is 5.02 Å². The lowest BCUT2D eigenvalue weighted by Gasteiger charge is -2.27. The van der Waals surface area contributed by atoms with Crippen molar-refractivity contribution in [3.63, 3.8) is 0 Å². The van der Waals surface area contributed by atoms with Gasteiger partial charge in [-0.1, -0.05) is 18.5 Å². The van der Waals surface area contributed by atoms with E-state index in [1.165, 1.54) is 0 Å². The number of rotatable bonds is 6. The second-order valence-corrected chi connectivity index (χ2v) is 4.58. The first-order valence-corrected chi connectivity index (χ1v) is 6.16. The van der Waals surface area contributed by atoms with E-state index in [0.717, 1.165) is 12.1 Å². The molecule has 1 atom stereocenters. The van der Waals surface area contributed by atoms with Gasteiger partial charge in [0, 0.05) is 30.3 Å². The van der Waals surface area contributed by atoms with Crippen molar-refractivity contribution in [1.82, 2.24) is 4.90 Å². The van der Waals surface area contributed by atoms with Gasteiger partial charge in [0.25, 0.3) is 0 Å². The van der Waals surface area contributed by atoms with Gasteiger partial charge in [0.2, 0.25) is 0 Å². The van der Waals surface area contributed by atoms with Crippen LogP contribution < -0.4 is 0 Å². The molecule has 0 saturated carbocycles. The van der Waals surface area contributed by atoms with Crippen molar-refractivity contribution in [2.75, 3.05) is 20.3 Å². The monoisotopic (exact) mass is 257 g/mol. The summed E-state index contributed by atoms with van der Waals surface area (Å²) in [4.78, 5) is 2.23. The van der Waals surface area contributed by atoms with Crippen LogP contribution in [0.1, 0.15) is 19.4 Å². The molecule has 0 amide bonds. The maximum Gasteiger partial charge on any atom is 0.120 e. The van der Waals surface area contributed by atoms with Gasteiger partial charge in [0.1, 0.15) is 5.75 Å². The number of phenolic OH excluding ortho intramolecular Hbond substituents is 1. The number of methoxy groups -OCH3 is 1. The molecule has 4 heteroatoms. The Bertz CT molecular complexity index is 357. The van der Waals surface area contributed by atoms with Gasteiger partial charge in [-0.3, -0.25) is 4.90 Å². The molecule has 0 fully saturated rings. The number of halogens is 1. The van der Waals surface area contributed by atoms with E-state index < -0.39 is 0 Å². The molecule has 1 N–H and O–H groups in total. The number of likely N-dealkylation sites (N-methyl/N-ethyl adjacent to an activating group) is 1. The molecule has 0 aliphatic rings. The summed E-state index contributed by atoms with van der Waals surface area (Å²) in [6.07, 6.45) is 0. The molecule has 0 bridgehead atoms. The molecular weight excluding hydrogens is 238 g/mol. The van der Waals surface area contributed by atoms with Gasteiger partial charge in [-0.2, -0.15) is 0 Å². The summed E-state index contributed by atoms with van der Waals surface area (Å²) in [5, 5.41) is 10.4. The van der Waals surface area contributed by atoms with Gasteiger partial charge in [-0.25, -0.2) is 0 Å². The molecule has 3 nitrogen and oxygen atoms in total. The van der Waals surface area contributed by atoms with E-state index in [0.29, 0.717) is 24.2 Å². The Labute approximate surface area is 108 Å². The van der Waals surface area contributed by atoms with Crippen molar-refractivity contribution in [2.24, 2.45) is 0 Å². The number of hydrogen-bond donors (Lipinski definition) is 1. The van der Waals surface area contributed by atoms with Crippen LogP contribution in [-0.2, 0) is 11.3 Å². The van der Waals surface area contributed by atoms with Crippen molar-refractivity contribution in [2.45, 2.75) is 26.4 Å². The van der Waals surface area contributed by atoms with E-state index in [1.54, 1.807) is 25.3 Å². The molecule has 1 unspecified atom stereocenters. The molecule has 0 aliphatic carbocycles. The zero-order valence-electron chi connectivity index (χ0n) is 10.6. The first-order valence-electron chi connectivity index (χ1n) is 5.78. The molecular formula is C13H20ClNO2. The van der Waals surface area contributed by atoms with Gasteiger partial charge < -0.3 is 9.84 Å². The SMILES string of the molecule is CCN(Cc1cc(Cl)ccc1O)C(C)COC. The van der Waals surface area contributed by atoms with Crippen molar-refractivity contribution < 1.29 is 9.84 Å². The average Bonchev–Trinajstić information content (AvgIpc) is 2.30.